The topological polar surface area (TPSA) is 0 Å². The van der Waals surface area contributed by atoms with Gasteiger partial charge in [-0.2, -0.15) is 0 Å². The van der Waals surface area contributed by atoms with E-state index in [1.807, 2.05) is 0 Å². The molecule has 58 heavy (non-hydrogen) atoms. The Kier molecular flexibility index (Phi) is 7.33. The SMILES string of the molecule is c1ccc(-c2c3ccccc3c(-c3ccc(-c4cc5c6ccccc6c6ccccc6c5c5ccccc45)cc3)c3ccccc23)c(-c2ccc3ccccc3c2)c1. The van der Waals surface area contributed by atoms with E-state index in [-0.39, 0.29) is 0 Å². The molecule has 0 unspecified atom stereocenters. The van der Waals surface area contributed by atoms with Crippen LogP contribution in [0, 0.1) is 0 Å². The molecule has 0 fully saturated rings. The minimum Gasteiger partial charge on any atom is -0.0616 e. The number of fused-ring (bicyclic) bond motifs is 11. The highest BCUT2D eigenvalue weighted by Gasteiger charge is 2.20. The van der Waals surface area contributed by atoms with Crippen molar-refractivity contribution in [3.63, 3.8) is 0 Å². The Hall–Kier alpha value is -7.54. The van der Waals surface area contributed by atoms with E-state index < -0.39 is 0 Å². The fraction of sp³-hybridized carbons (Fsp3) is 0. The molecule has 0 saturated carbocycles. The van der Waals surface area contributed by atoms with Crippen LogP contribution in [-0.2, 0) is 0 Å². The number of hydrogen-bond donors (Lipinski definition) is 0. The number of hydrogen-bond acceptors (Lipinski definition) is 0. The lowest BCUT2D eigenvalue weighted by Crippen LogP contribution is -1.93. The molecular weight excluding hydrogens is 697 g/mol. The van der Waals surface area contributed by atoms with Gasteiger partial charge in [0.1, 0.15) is 0 Å². The third kappa shape index (κ3) is 4.95. The zero-order chi connectivity index (χ0) is 38.2. The molecule has 0 heterocycles. The largest absolute Gasteiger partial charge is 0.0616 e. The van der Waals surface area contributed by atoms with E-state index in [1.54, 1.807) is 0 Å². The predicted molar refractivity (Wildman–Crippen MR) is 251 cm³/mol. The molecule has 12 aromatic carbocycles. The lowest BCUT2D eigenvalue weighted by atomic mass is 9.83. The second kappa shape index (κ2) is 13.0. The molecule has 0 radical (unpaired) electrons. The third-order valence-electron chi connectivity index (χ3n) is 12.4. The van der Waals surface area contributed by atoms with Crippen LogP contribution >= 0.6 is 0 Å². The minimum atomic E-state index is 1.21. The van der Waals surface area contributed by atoms with Crippen LogP contribution in [0.3, 0.4) is 0 Å². The fourth-order valence-corrected chi connectivity index (χ4v) is 9.86. The maximum Gasteiger partial charge on any atom is -0.00199 e. The van der Waals surface area contributed by atoms with Gasteiger partial charge in [-0.15, -0.1) is 0 Å². The van der Waals surface area contributed by atoms with E-state index in [2.05, 4.69) is 218 Å². The second-order valence-electron chi connectivity index (χ2n) is 15.5. The highest BCUT2D eigenvalue weighted by molar-refractivity contribution is 6.33. The molecule has 12 aromatic rings. The third-order valence-corrected chi connectivity index (χ3v) is 12.4. The molecule has 0 heteroatoms. The van der Waals surface area contributed by atoms with E-state index >= 15 is 0 Å². The van der Waals surface area contributed by atoms with Crippen LogP contribution in [-0.4, -0.2) is 0 Å². The van der Waals surface area contributed by atoms with Crippen LogP contribution in [0.1, 0.15) is 0 Å². The van der Waals surface area contributed by atoms with Gasteiger partial charge in [-0.25, -0.2) is 0 Å². The van der Waals surface area contributed by atoms with Crippen LogP contribution in [0.5, 0.6) is 0 Å². The first kappa shape index (κ1) is 32.7. The summed E-state index contributed by atoms with van der Waals surface area (Å²) in [5.74, 6) is 0. The molecule has 268 valence electrons. The van der Waals surface area contributed by atoms with Gasteiger partial charge >= 0.3 is 0 Å². The monoisotopic (exact) mass is 732 g/mol. The molecule has 0 aliphatic carbocycles. The second-order valence-corrected chi connectivity index (χ2v) is 15.5. The van der Waals surface area contributed by atoms with Gasteiger partial charge in [0.25, 0.3) is 0 Å². The predicted octanol–water partition coefficient (Wildman–Crippen LogP) is 16.4. The molecule has 0 nitrogen and oxygen atoms in total. The average Bonchev–Trinajstić information content (AvgIpc) is 3.30. The van der Waals surface area contributed by atoms with Gasteiger partial charge in [0, 0.05) is 0 Å². The van der Waals surface area contributed by atoms with Gasteiger partial charge in [-0.05, 0) is 132 Å². The molecular formula is C58H36. The van der Waals surface area contributed by atoms with Crippen LogP contribution in [0.25, 0.3) is 120 Å². The van der Waals surface area contributed by atoms with Gasteiger partial charge in [0.15, 0.2) is 0 Å². The lowest BCUT2D eigenvalue weighted by molar-refractivity contribution is 1.62. The van der Waals surface area contributed by atoms with Crippen molar-refractivity contribution in [2.24, 2.45) is 0 Å². The minimum absolute atomic E-state index is 1.21. The zero-order valence-electron chi connectivity index (χ0n) is 31.8. The Morgan fingerprint density at radius 2 is 0.603 bits per heavy atom. The molecule has 0 aliphatic heterocycles. The molecule has 0 amide bonds. The zero-order valence-corrected chi connectivity index (χ0v) is 31.8. The van der Waals surface area contributed by atoms with Gasteiger partial charge in [0.2, 0.25) is 0 Å². The summed E-state index contributed by atoms with van der Waals surface area (Å²) in [7, 11) is 0. The molecule has 0 N–H and O–H groups in total. The highest BCUT2D eigenvalue weighted by atomic mass is 14.2. The molecule has 12 rings (SSSR count). The summed E-state index contributed by atoms with van der Waals surface area (Å²) in [4.78, 5) is 0. The van der Waals surface area contributed by atoms with Gasteiger partial charge in [0.05, 0.1) is 0 Å². The smallest absolute Gasteiger partial charge is 0.00199 e. The van der Waals surface area contributed by atoms with Gasteiger partial charge < -0.3 is 0 Å². The summed E-state index contributed by atoms with van der Waals surface area (Å²) in [6.45, 7) is 0. The maximum atomic E-state index is 2.44. The fourth-order valence-electron chi connectivity index (χ4n) is 9.86. The average molecular weight is 733 g/mol. The van der Waals surface area contributed by atoms with Gasteiger partial charge in [-0.3, -0.25) is 0 Å². The van der Waals surface area contributed by atoms with Crippen molar-refractivity contribution in [1.82, 2.24) is 0 Å². The summed E-state index contributed by atoms with van der Waals surface area (Å²) < 4.78 is 0. The van der Waals surface area contributed by atoms with Gasteiger partial charge in [-0.1, -0.05) is 206 Å². The number of benzene rings is 12. The Bertz CT molecular complexity index is 3550. The molecule has 0 aromatic heterocycles. The summed E-state index contributed by atoms with van der Waals surface area (Å²) in [5, 5.41) is 17.9. The van der Waals surface area contributed by atoms with Crippen molar-refractivity contribution in [3.05, 3.63) is 218 Å². The Balaban J connectivity index is 1.06. The Labute approximate surface area is 336 Å². The Morgan fingerprint density at radius 3 is 1.24 bits per heavy atom. The quantitative estimate of drug-likeness (QED) is 0.125. The first-order valence-electron chi connectivity index (χ1n) is 20.2. The van der Waals surface area contributed by atoms with Crippen molar-refractivity contribution in [3.8, 4) is 44.5 Å². The Morgan fingerprint density at radius 1 is 0.190 bits per heavy atom. The first-order valence-corrected chi connectivity index (χ1v) is 20.2. The number of rotatable bonds is 4. The van der Waals surface area contributed by atoms with E-state index in [1.165, 1.54) is 120 Å². The summed E-state index contributed by atoms with van der Waals surface area (Å²) in [6.07, 6.45) is 0. The lowest BCUT2D eigenvalue weighted by Gasteiger charge is -2.20. The van der Waals surface area contributed by atoms with Crippen molar-refractivity contribution >= 4 is 75.4 Å². The van der Waals surface area contributed by atoms with Crippen molar-refractivity contribution in [2.75, 3.05) is 0 Å². The van der Waals surface area contributed by atoms with Crippen molar-refractivity contribution < 1.29 is 0 Å². The van der Waals surface area contributed by atoms with Crippen LogP contribution in [0.15, 0.2) is 218 Å². The van der Waals surface area contributed by atoms with E-state index in [9.17, 15) is 0 Å². The molecule has 0 spiro atoms. The van der Waals surface area contributed by atoms with E-state index in [0.717, 1.165) is 0 Å². The maximum absolute atomic E-state index is 2.44. The van der Waals surface area contributed by atoms with E-state index in [0.29, 0.717) is 0 Å². The van der Waals surface area contributed by atoms with E-state index in [4.69, 9.17) is 0 Å². The summed E-state index contributed by atoms with van der Waals surface area (Å²) >= 11 is 0. The first-order chi connectivity index (χ1) is 28.8. The van der Waals surface area contributed by atoms with Crippen LogP contribution < -0.4 is 0 Å². The van der Waals surface area contributed by atoms with Crippen LogP contribution in [0.4, 0.5) is 0 Å². The van der Waals surface area contributed by atoms with Crippen molar-refractivity contribution in [1.29, 1.82) is 0 Å². The molecule has 0 saturated heterocycles. The standard InChI is InChI=1S/C58H36/c1-2-16-40-35-41(34-29-37(40)15-1)42-17-3-8-22-47(42)57-52-27-13-11-25-50(52)56(51-26-12-14-28-53(51)57)39-32-30-38(31-33-39)54-36-55-45-20-5-4-18-43(45)44-19-6-9-23-48(44)58(55)49-24-10-7-21-46(49)54/h1-36H. The molecule has 0 bridgehead atoms. The van der Waals surface area contributed by atoms with Crippen LogP contribution in [0.2, 0.25) is 0 Å². The normalized spacial score (nSPS) is 11.8. The molecule has 0 atom stereocenters. The summed E-state index contributed by atoms with van der Waals surface area (Å²) in [6, 6.07) is 80.8. The van der Waals surface area contributed by atoms with Crippen molar-refractivity contribution in [2.45, 2.75) is 0 Å². The molecule has 0 aliphatic rings. The summed E-state index contributed by atoms with van der Waals surface area (Å²) in [5.41, 5.74) is 9.94. The highest BCUT2D eigenvalue weighted by Crippen LogP contribution is 2.47.